The number of hydrogen-bond donors (Lipinski definition) is 1. The lowest BCUT2D eigenvalue weighted by molar-refractivity contribution is 0.0405. The van der Waals surface area contributed by atoms with Gasteiger partial charge in [-0.05, 0) is 17.7 Å². The minimum Gasteiger partial charge on any atom is -0.374 e. The summed E-state index contributed by atoms with van der Waals surface area (Å²) in [7, 11) is 0. The first-order valence-corrected chi connectivity index (χ1v) is 4.34. The largest absolute Gasteiger partial charge is 0.374 e. The highest BCUT2D eigenvalue weighted by Gasteiger charge is 1.92. The summed E-state index contributed by atoms with van der Waals surface area (Å²) in [6.07, 6.45) is 0. The zero-order chi connectivity index (χ0) is 9.52. The normalized spacial score (nSPS) is 10.3. The molecule has 1 aromatic rings. The summed E-state index contributed by atoms with van der Waals surface area (Å²) in [4.78, 5) is 4.35. The van der Waals surface area contributed by atoms with Crippen molar-refractivity contribution in [2.75, 3.05) is 13.2 Å². The Hall–Kier alpha value is -0.610. The van der Waals surface area contributed by atoms with Gasteiger partial charge in [-0.3, -0.25) is 0 Å². The molecule has 4 heteroatoms. The van der Waals surface area contributed by atoms with Crippen LogP contribution in [0.4, 0.5) is 0 Å². The molecule has 3 nitrogen and oxygen atoms in total. The first kappa shape index (κ1) is 10.5. The third-order valence-electron chi connectivity index (χ3n) is 1.53. The first-order valence-electron chi connectivity index (χ1n) is 3.97. The standard InChI is InChI=1S/C9H12ClNO2/c10-9-3-1-8(2-4-9)7-12-5-6-13-11/h1-4H,5-7,11H2. The average molecular weight is 202 g/mol. The fourth-order valence-electron chi connectivity index (χ4n) is 0.878. The quantitative estimate of drug-likeness (QED) is 0.583. The van der Waals surface area contributed by atoms with E-state index < -0.39 is 0 Å². The van der Waals surface area contributed by atoms with Crippen LogP contribution in [-0.4, -0.2) is 13.2 Å². The highest BCUT2D eigenvalue weighted by atomic mass is 35.5. The van der Waals surface area contributed by atoms with Gasteiger partial charge in [0, 0.05) is 5.02 Å². The number of nitrogens with two attached hydrogens (primary N) is 1. The molecule has 0 unspecified atom stereocenters. The molecule has 0 spiro atoms. The van der Waals surface area contributed by atoms with Gasteiger partial charge in [0.25, 0.3) is 0 Å². The minimum absolute atomic E-state index is 0.410. The van der Waals surface area contributed by atoms with E-state index in [9.17, 15) is 0 Å². The van der Waals surface area contributed by atoms with E-state index in [1.54, 1.807) is 0 Å². The van der Waals surface area contributed by atoms with Crippen LogP contribution in [0.1, 0.15) is 5.56 Å². The number of benzene rings is 1. The van der Waals surface area contributed by atoms with Gasteiger partial charge >= 0.3 is 0 Å². The van der Waals surface area contributed by atoms with E-state index in [4.69, 9.17) is 22.2 Å². The molecule has 0 bridgehead atoms. The fraction of sp³-hybridized carbons (Fsp3) is 0.333. The van der Waals surface area contributed by atoms with E-state index in [0.717, 1.165) is 10.6 Å². The lowest BCUT2D eigenvalue weighted by Gasteiger charge is -2.02. The molecule has 0 fully saturated rings. The monoisotopic (exact) mass is 201 g/mol. The molecular weight excluding hydrogens is 190 g/mol. The van der Waals surface area contributed by atoms with Crippen molar-refractivity contribution in [1.82, 2.24) is 0 Å². The van der Waals surface area contributed by atoms with Crippen LogP contribution in [-0.2, 0) is 16.2 Å². The zero-order valence-electron chi connectivity index (χ0n) is 7.20. The van der Waals surface area contributed by atoms with E-state index in [0.29, 0.717) is 19.8 Å². The molecule has 1 rings (SSSR count). The Labute approximate surface area is 82.4 Å². The summed E-state index contributed by atoms with van der Waals surface area (Å²) >= 11 is 5.72. The van der Waals surface area contributed by atoms with E-state index in [1.165, 1.54) is 0 Å². The van der Waals surface area contributed by atoms with Crippen molar-refractivity contribution < 1.29 is 9.57 Å². The molecular formula is C9H12ClNO2. The summed E-state index contributed by atoms with van der Waals surface area (Å²) in [5, 5.41) is 0.731. The van der Waals surface area contributed by atoms with Crippen molar-refractivity contribution in [2.24, 2.45) is 5.90 Å². The molecule has 0 amide bonds. The van der Waals surface area contributed by atoms with Gasteiger partial charge in [0.2, 0.25) is 0 Å². The molecule has 0 atom stereocenters. The smallest absolute Gasteiger partial charge is 0.0913 e. The maximum absolute atomic E-state index is 5.72. The Bertz CT molecular complexity index is 238. The average Bonchev–Trinajstić information content (AvgIpc) is 2.15. The van der Waals surface area contributed by atoms with Crippen LogP contribution in [0.2, 0.25) is 5.02 Å². The molecule has 0 heterocycles. The van der Waals surface area contributed by atoms with Gasteiger partial charge < -0.3 is 9.57 Å². The third kappa shape index (κ3) is 4.24. The lowest BCUT2D eigenvalue weighted by atomic mass is 10.2. The van der Waals surface area contributed by atoms with Crippen LogP contribution in [0.3, 0.4) is 0 Å². The number of rotatable bonds is 5. The van der Waals surface area contributed by atoms with Gasteiger partial charge in [-0.2, -0.15) is 0 Å². The van der Waals surface area contributed by atoms with Crippen LogP contribution in [0.5, 0.6) is 0 Å². The van der Waals surface area contributed by atoms with Crippen molar-refractivity contribution >= 4 is 11.6 Å². The fourth-order valence-corrected chi connectivity index (χ4v) is 1.00. The van der Waals surface area contributed by atoms with Gasteiger partial charge in [-0.25, -0.2) is 5.90 Å². The van der Waals surface area contributed by atoms with Gasteiger partial charge in [0.15, 0.2) is 0 Å². The van der Waals surface area contributed by atoms with E-state index in [1.807, 2.05) is 24.3 Å². The molecule has 0 aliphatic carbocycles. The van der Waals surface area contributed by atoms with Crippen molar-refractivity contribution in [3.05, 3.63) is 34.9 Å². The second-order valence-electron chi connectivity index (χ2n) is 2.55. The first-order chi connectivity index (χ1) is 6.33. The highest BCUT2D eigenvalue weighted by Crippen LogP contribution is 2.09. The van der Waals surface area contributed by atoms with Gasteiger partial charge in [-0.15, -0.1) is 0 Å². The molecule has 0 aliphatic rings. The summed E-state index contributed by atoms with van der Waals surface area (Å²) < 4.78 is 5.25. The molecule has 0 saturated heterocycles. The summed E-state index contributed by atoms with van der Waals surface area (Å²) in [5.74, 6) is 4.83. The van der Waals surface area contributed by atoms with Crippen LogP contribution >= 0.6 is 11.6 Å². The van der Waals surface area contributed by atoms with E-state index in [-0.39, 0.29) is 0 Å². The van der Waals surface area contributed by atoms with Crippen molar-refractivity contribution in [3.63, 3.8) is 0 Å². The molecule has 13 heavy (non-hydrogen) atoms. The molecule has 0 saturated carbocycles. The number of halogens is 1. The number of ether oxygens (including phenoxy) is 1. The Morgan fingerprint density at radius 1 is 1.15 bits per heavy atom. The second-order valence-corrected chi connectivity index (χ2v) is 2.99. The van der Waals surface area contributed by atoms with Crippen LogP contribution in [0, 0.1) is 0 Å². The topological polar surface area (TPSA) is 44.5 Å². The maximum Gasteiger partial charge on any atom is 0.0913 e. The Morgan fingerprint density at radius 2 is 1.85 bits per heavy atom. The number of hydrogen-bond acceptors (Lipinski definition) is 3. The Morgan fingerprint density at radius 3 is 2.46 bits per heavy atom. The van der Waals surface area contributed by atoms with Crippen LogP contribution < -0.4 is 5.90 Å². The molecule has 0 radical (unpaired) electrons. The van der Waals surface area contributed by atoms with Crippen molar-refractivity contribution in [2.45, 2.75) is 6.61 Å². The molecule has 72 valence electrons. The summed E-state index contributed by atoms with van der Waals surface area (Å²) in [5.41, 5.74) is 1.08. The van der Waals surface area contributed by atoms with Gasteiger partial charge in [-0.1, -0.05) is 23.7 Å². The van der Waals surface area contributed by atoms with Crippen molar-refractivity contribution in [3.8, 4) is 0 Å². The molecule has 0 aromatic heterocycles. The minimum atomic E-state index is 0.410. The molecule has 1 aromatic carbocycles. The summed E-state index contributed by atoms with van der Waals surface area (Å²) in [6, 6.07) is 7.51. The van der Waals surface area contributed by atoms with Gasteiger partial charge in [0.1, 0.15) is 0 Å². The molecule has 2 N–H and O–H groups in total. The lowest BCUT2D eigenvalue weighted by Crippen LogP contribution is -2.07. The second kappa shape index (κ2) is 5.94. The van der Waals surface area contributed by atoms with Crippen molar-refractivity contribution in [1.29, 1.82) is 0 Å². The van der Waals surface area contributed by atoms with E-state index in [2.05, 4.69) is 4.84 Å². The van der Waals surface area contributed by atoms with Crippen LogP contribution in [0.15, 0.2) is 24.3 Å². The molecule has 0 aliphatic heterocycles. The maximum atomic E-state index is 5.72. The highest BCUT2D eigenvalue weighted by molar-refractivity contribution is 6.30. The predicted molar refractivity (Wildman–Crippen MR) is 51.2 cm³/mol. The van der Waals surface area contributed by atoms with E-state index >= 15 is 0 Å². The Kier molecular flexibility index (Phi) is 4.78. The predicted octanol–water partition coefficient (Wildman–Crippen LogP) is 1.75. The van der Waals surface area contributed by atoms with Gasteiger partial charge in [0.05, 0.1) is 19.8 Å². The zero-order valence-corrected chi connectivity index (χ0v) is 7.96. The Balaban J connectivity index is 2.25. The third-order valence-corrected chi connectivity index (χ3v) is 1.78. The SMILES string of the molecule is NOCCOCc1ccc(Cl)cc1. The van der Waals surface area contributed by atoms with Crippen LogP contribution in [0.25, 0.3) is 0 Å². The summed E-state index contributed by atoms with van der Waals surface area (Å²) in [6.45, 7) is 1.47.